The average Bonchev–Trinajstić information content (AvgIpc) is 2.60. The van der Waals surface area contributed by atoms with Crippen molar-refractivity contribution in [1.29, 1.82) is 5.26 Å². The zero-order valence-electron chi connectivity index (χ0n) is 11.2. The Kier molecular flexibility index (Phi) is 5.63. The van der Waals surface area contributed by atoms with Gasteiger partial charge in [0.15, 0.2) is 0 Å². The monoisotopic (exact) mass is 251 g/mol. The van der Waals surface area contributed by atoms with Gasteiger partial charge in [0.25, 0.3) is 0 Å². The van der Waals surface area contributed by atoms with Gasteiger partial charge in [-0.3, -0.25) is 9.59 Å². The van der Waals surface area contributed by atoms with Gasteiger partial charge in [0.2, 0.25) is 11.8 Å². The molecule has 5 heteroatoms. The van der Waals surface area contributed by atoms with E-state index >= 15 is 0 Å². The first-order valence-corrected chi connectivity index (χ1v) is 6.54. The van der Waals surface area contributed by atoms with Crippen molar-refractivity contribution in [1.82, 2.24) is 9.80 Å². The van der Waals surface area contributed by atoms with Gasteiger partial charge in [0.05, 0.1) is 6.07 Å². The number of nitriles is 1. The normalized spacial score (nSPS) is 17.8. The Balaban J connectivity index is 2.59. The van der Waals surface area contributed by atoms with E-state index in [9.17, 15) is 9.59 Å². The molecular formula is C13H21N3O2. The summed E-state index contributed by atoms with van der Waals surface area (Å²) in [5, 5.41) is 9.01. The summed E-state index contributed by atoms with van der Waals surface area (Å²) in [7, 11) is 0. The van der Waals surface area contributed by atoms with Crippen molar-refractivity contribution in [2.75, 3.05) is 26.2 Å². The van der Waals surface area contributed by atoms with Gasteiger partial charge in [-0.1, -0.05) is 13.3 Å². The summed E-state index contributed by atoms with van der Waals surface area (Å²) in [5.74, 6) is -0.557. The largest absolute Gasteiger partial charge is 0.341 e. The Morgan fingerprint density at radius 3 is 2.39 bits per heavy atom. The summed E-state index contributed by atoms with van der Waals surface area (Å²) in [5.41, 5.74) is 0. The van der Waals surface area contributed by atoms with Gasteiger partial charge < -0.3 is 9.80 Å². The van der Waals surface area contributed by atoms with Crippen LogP contribution in [0.2, 0.25) is 0 Å². The van der Waals surface area contributed by atoms with Crippen LogP contribution < -0.4 is 0 Å². The van der Waals surface area contributed by atoms with Crippen LogP contribution >= 0.6 is 0 Å². The summed E-state index contributed by atoms with van der Waals surface area (Å²) in [4.78, 5) is 26.9. The molecule has 1 saturated heterocycles. The molecule has 5 nitrogen and oxygen atoms in total. The third-order valence-corrected chi connectivity index (χ3v) is 3.28. The molecule has 0 unspecified atom stereocenters. The molecule has 0 saturated carbocycles. The van der Waals surface area contributed by atoms with Crippen LogP contribution in [0.15, 0.2) is 0 Å². The number of amides is 2. The highest BCUT2D eigenvalue weighted by molar-refractivity contribution is 5.81. The molecule has 0 spiro atoms. The van der Waals surface area contributed by atoms with E-state index in [1.54, 1.807) is 16.7 Å². The minimum Gasteiger partial charge on any atom is -0.341 e. The van der Waals surface area contributed by atoms with Gasteiger partial charge in [0, 0.05) is 33.1 Å². The highest BCUT2D eigenvalue weighted by Gasteiger charge is 2.25. The molecule has 1 fully saturated rings. The van der Waals surface area contributed by atoms with Gasteiger partial charge in [-0.15, -0.1) is 0 Å². The Hall–Kier alpha value is -1.57. The van der Waals surface area contributed by atoms with E-state index in [1.165, 1.54) is 0 Å². The number of rotatable bonds is 3. The molecule has 1 aliphatic rings. The Morgan fingerprint density at radius 1 is 1.22 bits per heavy atom. The van der Waals surface area contributed by atoms with E-state index in [2.05, 4.69) is 6.07 Å². The fraction of sp³-hybridized carbons (Fsp3) is 0.769. The van der Waals surface area contributed by atoms with Gasteiger partial charge in [-0.25, -0.2) is 0 Å². The van der Waals surface area contributed by atoms with Crippen LogP contribution in [0.25, 0.3) is 0 Å². The predicted octanol–water partition coefficient (Wildman–Crippen LogP) is 1.01. The standard InChI is InChI=1S/C13H21N3O2/c1-3-5-12(10-14)13(18)16-7-4-6-15(8-9-16)11(2)17/h12H,3-9H2,1-2H3/t12-/m0/s1. The highest BCUT2D eigenvalue weighted by Crippen LogP contribution is 2.12. The zero-order valence-corrected chi connectivity index (χ0v) is 11.2. The lowest BCUT2D eigenvalue weighted by Gasteiger charge is -2.23. The predicted molar refractivity (Wildman–Crippen MR) is 67.5 cm³/mol. The molecule has 0 aliphatic carbocycles. The minimum absolute atomic E-state index is 0.0506. The first-order valence-electron chi connectivity index (χ1n) is 6.54. The number of nitrogens with zero attached hydrogens (tertiary/aromatic N) is 3. The lowest BCUT2D eigenvalue weighted by Crippen LogP contribution is -2.39. The molecule has 0 aromatic carbocycles. The lowest BCUT2D eigenvalue weighted by atomic mass is 10.0. The van der Waals surface area contributed by atoms with E-state index < -0.39 is 5.92 Å². The summed E-state index contributed by atoms with van der Waals surface area (Å²) >= 11 is 0. The first kappa shape index (κ1) is 14.5. The van der Waals surface area contributed by atoms with Gasteiger partial charge in [-0.05, 0) is 12.8 Å². The fourth-order valence-corrected chi connectivity index (χ4v) is 2.21. The molecule has 18 heavy (non-hydrogen) atoms. The maximum absolute atomic E-state index is 12.1. The SMILES string of the molecule is CCC[C@@H](C#N)C(=O)N1CCCN(C(C)=O)CC1. The number of hydrogen-bond acceptors (Lipinski definition) is 3. The Bertz CT molecular complexity index is 349. The van der Waals surface area contributed by atoms with E-state index in [0.29, 0.717) is 32.6 Å². The highest BCUT2D eigenvalue weighted by atomic mass is 16.2. The van der Waals surface area contributed by atoms with Crippen LogP contribution in [0.5, 0.6) is 0 Å². The summed E-state index contributed by atoms with van der Waals surface area (Å²) in [6.07, 6.45) is 2.23. The van der Waals surface area contributed by atoms with Crippen molar-refractivity contribution in [3.05, 3.63) is 0 Å². The van der Waals surface area contributed by atoms with Crippen molar-refractivity contribution in [3.63, 3.8) is 0 Å². The van der Waals surface area contributed by atoms with Crippen LogP contribution in [0, 0.1) is 17.2 Å². The third-order valence-electron chi connectivity index (χ3n) is 3.28. The second-order valence-electron chi connectivity index (χ2n) is 4.66. The fourth-order valence-electron chi connectivity index (χ4n) is 2.21. The molecule has 1 rings (SSSR count). The van der Waals surface area contributed by atoms with Crippen LogP contribution in [-0.4, -0.2) is 47.8 Å². The van der Waals surface area contributed by atoms with Gasteiger partial charge >= 0.3 is 0 Å². The molecule has 1 atom stereocenters. The minimum atomic E-state index is -0.529. The molecule has 0 N–H and O–H groups in total. The van der Waals surface area contributed by atoms with Crippen LogP contribution in [-0.2, 0) is 9.59 Å². The maximum Gasteiger partial charge on any atom is 0.239 e. The molecule has 0 aromatic heterocycles. The second-order valence-corrected chi connectivity index (χ2v) is 4.66. The number of carbonyl (C=O) groups is 2. The summed E-state index contributed by atoms with van der Waals surface area (Å²) in [6.45, 7) is 5.98. The molecule has 2 amide bonds. The molecular weight excluding hydrogens is 230 g/mol. The molecule has 0 aromatic rings. The van der Waals surface area contributed by atoms with Crippen molar-refractivity contribution in [2.45, 2.75) is 33.1 Å². The van der Waals surface area contributed by atoms with Crippen LogP contribution in [0.4, 0.5) is 0 Å². The molecule has 0 bridgehead atoms. The molecule has 0 radical (unpaired) electrons. The molecule has 1 heterocycles. The van der Waals surface area contributed by atoms with Crippen molar-refractivity contribution in [2.24, 2.45) is 5.92 Å². The molecule has 1 aliphatic heterocycles. The van der Waals surface area contributed by atoms with Crippen molar-refractivity contribution < 1.29 is 9.59 Å². The van der Waals surface area contributed by atoms with Gasteiger partial charge in [0.1, 0.15) is 5.92 Å². The summed E-state index contributed by atoms with van der Waals surface area (Å²) in [6, 6.07) is 2.08. The number of carbonyl (C=O) groups excluding carboxylic acids is 2. The van der Waals surface area contributed by atoms with Crippen molar-refractivity contribution >= 4 is 11.8 Å². The van der Waals surface area contributed by atoms with Gasteiger partial charge in [-0.2, -0.15) is 5.26 Å². The molecule has 100 valence electrons. The Labute approximate surface area is 108 Å². The average molecular weight is 251 g/mol. The van der Waals surface area contributed by atoms with E-state index in [-0.39, 0.29) is 11.8 Å². The Morgan fingerprint density at radius 2 is 1.83 bits per heavy atom. The maximum atomic E-state index is 12.1. The van der Waals surface area contributed by atoms with E-state index in [4.69, 9.17) is 5.26 Å². The van der Waals surface area contributed by atoms with E-state index in [1.807, 2.05) is 6.92 Å². The smallest absolute Gasteiger partial charge is 0.239 e. The quantitative estimate of drug-likeness (QED) is 0.752. The zero-order chi connectivity index (χ0) is 13.5. The van der Waals surface area contributed by atoms with Crippen LogP contribution in [0.3, 0.4) is 0 Å². The van der Waals surface area contributed by atoms with E-state index in [0.717, 1.165) is 12.8 Å². The van der Waals surface area contributed by atoms with Crippen molar-refractivity contribution in [3.8, 4) is 6.07 Å². The lowest BCUT2D eigenvalue weighted by molar-refractivity contribution is -0.134. The van der Waals surface area contributed by atoms with Crippen LogP contribution in [0.1, 0.15) is 33.1 Å². The second kappa shape index (κ2) is 7.00. The first-order chi connectivity index (χ1) is 8.60. The third kappa shape index (κ3) is 3.73. The summed E-state index contributed by atoms with van der Waals surface area (Å²) < 4.78 is 0. The topological polar surface area (TPSA) is 64.4 Å². The number of hydrogen-bond donors (Lipinski definition) is 0.